The van der Waals surface area contributed by atoms with Gasteiger partial charge in [0.2, 0.25) is 0 Å². The van der Waals surface area contributed by atoms with Gasteiger partial charge in [-0.15, -0.1) is 0 Å². The highest BCUT2D eigenvalue weighted by atomic mass is 16.5. The predicted molar refractivity (Wildman–Crippen MR) is 130 cm³/mol. The van der Waals surface area contributed by atoms with E-state index in [9.17, 15) is 14.7 Å². The zero-order valence-electron chi connectivity index (χ0n) is 19.8. The minimum Gasteiger partial charge on any atom is -0.507 e. The first-order valence-electron chi connectivity index (χ1n) is 11.3. The molecule has 6 heteroatoms. The minimum absolute atomic E-state index is 0.0120. The first-order valence-corrected chi connectivity index (χ1v) is 11.3. The maximum Gasteiger partial charge on any atom is 0.295 e. The number of amides is 1. The summed E-state index contributed by atoms with van der Waals surface area (Å²) in [6.45, 7) is 7.95. The van der Waals surface area contributed by atoms with Gasteiger partial charge in [-0.2, -0.15) is 0 Å². The van der Waals surface area contributed by atoms with Crippen molar-refractivity contribution in [3.05, 3.63) is 100 Å². The molecule has 0 aliphatic carbocycles. The molecule has 174 valence electrons. The molecule has 34 heavy (non-hydrogen) atoms. The fourth-order valence-corrected chi connectivity index (χ4v) is 4.25. The first kappa shape index (κ1) is 23.2. The average molecular weight is 457 g/mol. The molecule has 6 nitrogen and oxygen atoms in total. The number of aryl methyl sites for hydroxylation is 2. The van der Waals surface area contributed by atoms with E-state index in [1.54, 1.807) is 30.6 Å². The average Bonchev–Trinajstić information content (AvgIpc) is 3.05. The molecule has 0 radical (unpaired) electrons. The van der Waals surface area contributed by atoms with E-state index in [1.165, 1.54) is 4.90 Å². The second kappa shape index (κ2) is 9.51. The molecule has 0 spiro atoms. The van der Waals surface area contributed by atoms with Gasteiger partial charge in [-0.1, -0.05) is 29.8 Å². The fourth-order valence-electron chi connectivity index (χ4n) is 4.25. The highest BCUT2D eigenvalue weighted by Gasteiger charge is 2.46. The van der Waals surface area contributed by atoms with Crippen molar-refractivity contribution in [1.29, 1.82) is 0 Å². The molecule has 1 aliphatic rings. The number of benzene rings is 2. The Balaban J connectivity index is 1.83. The van der Waals surface area contributed by atoms with Gasteiger partial charge in [0.25, 0.3) is 11.7 Å². The maximum atomic E-state index is 13.2. The summed E-state index contributed by atoms with van der Waals surface area (Å²) in [5.41, 5.74) is 4.00. The molecule has 0 saturated carbocycles. The summed E-state index contributed by atoms with van der Waals surface area (Å²) in [5, 5.41) is 11.3. The molecule has 1 saturated heterocycles. The van der Waals surface area contributed by atoms with Gasteiger partial charge in [-0.25, -0.2) is 0 Å². The fraction of sp³-hybridized carbons (Fsp3) is 0.250. The van der Waals surface area contributed by atoms with Crippen molar-refractivity contribution >= 4 is 17.4 Å². The lowest BCUT2D eigenvalue weighted by atomic mass is 9.94. The zero-order chi connectivity index (χ0) is 24.4. The molecule has 2 aromatic carbocycles. The predicted octanol–water partition coefficient (Wildman–Crippen LogP) is 5.11. The Morgan fingerprint density at radius 1 is 1.06 bits per heavy atom. The number of likely N-dealkylation sites (tertiary alicyclic amines) is 1. The third-order valence-electron chi connectivity index (χ3n) is 5.81. The van der Waals surface area contributed by atoms with Gasteiger partial charge >= 0.3 is 0 Å². The number of aromatic nitrogens is 1. The maximum absolute atomic E-state index is 13.2. The van der Waals surface area contributed by atoms with Crippen LogP contribution in [0.15, 0.2) is 72.6 Å². The zero-order valence-corrected chi connectivity index (χ0v) is 19.8. The normalized spacial score (nSPS) is 17.4. The van der Waals surface area contributed by atoms with Crippen LogP contribution in [0.4, 0.5) is 0 Å². The van der Waals surface area contributed by atoms with Crippen LogP contribution in [0.5, 0.6) is 5.75 Å². The van der Waals surface area contributed by atoms with Crippen LogP contribution in [-0.2, 0) is 16.1 Å². The Labute approximate surface area is 199 Å². The molecule has 2 heterocycles. The lowest BCUT2D eigenvalue weighted by Gasteiger charge is -2.25. The van der Waals surface area contributed by atoms with Crippen LogP contribution in [0, 0.1) is 13.8 Å². The number of nitrogens with zero attached hydrogens (tertiary/aromatic N) is 2. The number of Topliss-reactive ketones (excluding diaryl/α,β-unsaturated/α-hetero) is 1. The van der Waals surface area contributed by atoms with Crippen LogP contribution in [0.1, 0.15) is 47.7 Å². The van der Waals surface area contributed by atoms with Crippen molar-refractivity contribution in [3.63, 3.8) is 0 Å². The number of aliphatic hydroxyl groups excluding tert-OH is 1. The van der Waals surface area contributed by atoms with E-state index in [2.05, 4.69) is 4.98 Å². The van der Waals surface area contributed by atoms with Gasteiger partial charge in [0.1, 0.15) is 11.5 Å². The number of hydrogen-bond donors (Lipinski definition) is 1. The second-order valence-corrected chi connectivity index (χ2v) is 8.84. The lowest BCUT2D eigenvalue weighted by Crippen LogP contribution is -2.29. The van der Waals surface area contributed by atoms with Crippen molar-refractivity contribution in [2.24, 2.45) is 0 Å². The summed E-state index contributed by atoms with van der Waals surface area (Å²) in [6.07, 6.45) is 3.31. The van der Waals surface area contributed by atoms with Gasteiger partial charge in [0.05, 0.1) is 17.7 Å². The smallest absolute Gasteiger partial charge is 0.295 e. The molecule has 1 atom stereocenters. The Kier molecular flexibility index (Phi) is 6.50. The van der Waals surface area contributed by atoms with Gasteiger partial charge in [0.15, 0.2) is 0 Å². The Hall–Kier alpha value is -3.93. The van der Waals surface area contributed by atoms with Crippen LogP contribution in [0.2, 0.25) is 0 Å². The topological polar surface area (TPSA) is 79.7 Å². The summed E-state index contributed by atoms with van der Waals surface area (Å²) in [6, 6.07) is 15.8. The van der Waals surface area contributed by atoms with Crippen LogP contribution < -0.4 is 4.74 Å². The van der Waals surface area contributed by atoms with Gasteiger partial charge < -0.3 is 14.7 Å². The molecule has 1 unspecified atom stereocenters. The number of carbonyl (C=O) groups excluding carboxylic acids is 2. The highest BCUT2D eigenvalue weighted by Crippen LogP contribution is 2.40. The highest BCUT2D eigenvalue weighted by molar-refractivity contribution is 6.46. The Morgan fingerprint density at radius 3 is 2.44 bits per heavy atom. The Bertz CT molecular complexity index is 1260. The number of carbonyl (C=O) groups is 2. The summed E-state index contributed by atoms with van der Waals surface area (Å²) >= 11 is 0. The number of ketones is 1. The van der Waals surface area contributed by atoms with E-state index < -0.39 is 17.7 Å². The van der Waals surface area contributed by atoms with Crippen molar-refractivity contribution < 1.29 is 19.4 Å². The number of hydrogen-bond acceptors (Lipinski definition) is 5. The number of ether oxygens (including phenoxy) is 1. The van der Waals surface area contributed by atoms with E-state index in [4.69, 9.17) is 4.74 Å². The van der Waals surface area contributed by atoms with Crippen molar-refractivity contribution in [2.45, 2.75) is 46.4 Å². The molecule has 4 rings (SSSR count). The van der Waals surface area contributed by atoms with Crippen LogP contribution in [-0.4, -0.2) is 32.8 Å². The molecular formula is C28H28N2O4. The van der Waals surface area contributed by atoms with Crippen LogP contribution in [0.25, 0.3) is 5.76 Å². The molecule has 1 N–H and O–H groups in total. The third-order valence-corrected chi connectivity index (χ3v) is 5.81. The van der Waals surface area contributed by atoms with Gasteiger partial charge in [-0.05, 0) is 74.7 Å². The molecule has 1 aliphatic heterocycles. The monoisotopic (exact) mass is 456 g/mol. The Morgan fingerprint density at radius 2 is 1.79 bits per heavy atom. The number of rotatable bonds is 6. The molecule has 1 fully saturated rings. The van der Waals surface area contributed by atoms with E-state index in [1.807, 2.05) is 64.1 Å². The molecular weight excluding hydrogens is 428 g/mol. The van der Waals surface area contributed by atoms with E-state index in [0.29, 0.717) is 11.3 Å². The van der Waals surface area contributed by atoms with Crippen molar-refractivity contribution in [2.75, 3.05) is 0 Å². The molecule has 1 amide bonds. The standard InChI is InChI=1S/C28H28N2O4/c1-17(2)34-23-9-8-22(15-19(23)4)26(31)24-25(21-7-5-6-18(3)14-21)30(28(33)27(24)32)16-20-10-12-29-13-11-20/h5-15,17,25,31H,16H2,1-4H3/b26-24-. The molecule has 3 aromatic rings. The van der Waals surface area contributed by atoms with Gasteiger partial charge in [0, 0.05) is 24.5 Å². The molecule has 1 aromatic heterocycles. The van der Waals surface area contributed by atoms with E-state index in [-0.39, 0.29) is 24.0 Å². The van der Waals surface area contributed by atoms with Gasteiger partial charge in [-0.3, -0.25) is 14.6 Å². The molecule has 0 bridgehead atoms. The minimum atomic E-state index is -0.708. The largest absolute Gasteiger partial charge is 0.507 e. The summed E-state index contributed by atoms with van der Waals surface area (Å²) in [5.74, 6) is -0.819. The first-order chi connectivity index (χ1) is 16.3. The quantitative estimate of drug-likeness (QED) is 0.317. The van der Waals surface area contributed by atoms with E-state index >= 15 is 0 Å². The van der Waals surface area contributed by atoms with E-state index in [0.717, 1.165) is 22.3 Å². The van der Waals surface area contributed by atoms with Crippen LogP contribution >= 0.6 is 0 Å². The number of aliphatic hydroxyl groups is 1. The SMILES string of the molecule is Cc1cccc(C2/C(=C(/O)c3ccc(OC(C)C)c(C)c3)C(=O)C(=O)N2Cc2ccncc2)c1. The van der Waals surface area contributed by atoms with Crippen molar-refractivity contribution in [3.8, 4) is 5.75 Å². The summed E-state index contributed by atoms with van der Waals surface area (Å²) in [4.78, 5) is 31.9. The second-order valence-electron chi connectivity index (χ2n) is 8.84. The number of pyridine rings is 1. The lowest BCUT2D eigenvalue weighted by molar-refractivity contribution is -0.140. The summed E-state index contributed by atoms with van der Waals surface area (Å²) < 4.78 is 5.80. The van der Waals surface area contributed by atoms with Crippen molar-refractivity contribution in [1.82, 2.24) is 9.88 Å². The third kappa shape index (κ3) is 4.57. The van der Waals surface area contributed by atoms with Crippen LogP contribution in [0.3, 0.4) is 0 Å². The summed E-state index contributed by atoms with van der Waals surface area (Å²) in [7, 11) is 0.